The Morgan fingerprint density at radius 3 is 2.30 bits per heavy atom. The van der Waals surface area contributed by atoms with Crippen molar-refractivity contribution in [3.8, 4) is 0 Å². The zero-order valence-corrected chi connectivity index (χ0v) is 13.3. The van der Waals surface area contributed by atoms with Gasteiger partial charge in [0.1, 0.15) is 6.54 Å². The number of carbonyl (C=O) groups is 3. The zero-order chi connectivity index (χ0) is 17.0. The van der Waals surface area contributed by atoms with Gasteiger partial charge in [0, 0.05) is 39.2 Å². The van der Waals surface area contributed by atoms with E-state index in [0.717, 1.165) is 10.6 Å². The summed E-state index contributed by atoms with van der Waals surface area (Å²) in [6, 6.07) is 7.34. The average Bonchev–Trinajstić information content (AvgIpc) is 2.84. The fraction of sp³-hybridized carbons (Fsp3) is 0.438. The summed E-state index contributed by atoms with van der Waals surface area (Å²) in [6.45, 7) is -0.264. The predicted octanol–water partition coefficient (Wildman–Crippen LogP) is 0.0512. The maximum absolute atomic E-state index is 11.8. The third kappa shape index (κ3) is 4.29. The number of hydrogen-bond acceptors (Lipinski definition) is 5. The lowest BCUT2D eigenvalue weighted by Crippen LogP contribution is -2.41. The van der Waals surface area contributed by atoms with Gasteiger partial charge in [-0.15, -0.1) is 0 Å². The van der Waals surface area contributed by atoms with Crippen LogP contribution in [0.4, 0.5) is 5.69 Å². The summed E-state index contributed by atoms with van der Waals surface area (Å²) in [5.74, 6) is -1.12. The molecule has 0 radical (unpaired) electrons. The molecule has 1 aromatic rings. The lowest BCUT2D eigenvalue weighted by molar-refractivity contribution is -0.142. The second-order valence-corrected chi connectivity index (χ2v) is 5.68. The van der Waals surface area contributed by atoms with Crippen LogP contribution in [0.25, 0.3) is 0 Å². The van der Waals surface area contributed by atoms with E-state index < -0.39 is 12.0 Å². The van der Waals surface area contributed by atoms with Crippen LogP contribution in [0.15, 0.2) is 24.3 Å². The van der Waals surface area contributed by atoms with Crippen molar-refractivity contribution in [3.05, 3.63) is 29.8 Å². The second kappa shape index (κ2) is 7.23. The molecule has 0 bridgehead atoms. The topological polar surface area (TPSA) is 89.9 Å². The molecule has 1 aromatic carbocycles. The third-order valence-electron chi connectivity index (χ3n) is 3.74. The van der Waals surface area contributed by atoms with Gasteiger partial charge in [-0.05, 0) is 17.7 Å². The smallest absolute Gasteiger partial charge is 0.240 e. The highest BCUT2D eigenvalue weighted by atomic mass is 16.3. The first-order chi connectivity index (χ1) is 10.9. The number of hydrogen-bond donors (Lipinski definition) is 2. The molecule has 1 aliphatic rings. The van der Waals surface area contributed by atoms with E-state index in [-0.39, 0.29) is 37.7 Å². The molecule has 1 fully saturated rings. The van der Waals surface area contributed by atoms with Crippen molar-refractivity contribution >= 4 is 23.4 Å². The molecule has 1 aliphatic heterocycles. The Kier molecular flexibility index (Phi) is 5.33. The van der Waals surface area contributed by atoms with Crippen molar-refractivity contribution in [1.29, 1.82) is 0 Å². The number of amides is 3. The Labute approximate surface area is 134 Å². The van der Waals surface area contributed by atoms with Gasteiger partial charge in [-0.2, -0.15) is 0 Å². The Morgan fingerprint density at radius 2 is 1.78 bits per heavy atom. The maximum atomic E-state index is 11.8. The van der Waals surface area contributed by atoms with Gasteiger partial charge >= 0.3 is 0 Å². The molecule has 2 N–H and O–H groups in total. The van der Waals surface area contributed by atoms with Gasteiger partial charge in [-0.25, -0.2) is 0 Å². The molecule has 124 valence electrons. The summed E-state index contributed by atoms with van der Waals surface area (Å²) in [5.41, 5.74) is 1.69. The molecule has 3 amide bonds. The zero-order valence-electron chi connectivity index (χ0n) is 13.3. The Bertz CT molecular complexity index is 582. The van der Waals surface area contributed by atoms with E-state index in [2.05, 4.69) is 5.32 Å². The largest absolute Gasteiger partial charge is 0.387 e. The van der Waals surface area contributed by atoms with Crippen molar-refractivity contribution in [2.45, 2.75) is 18.9 Å². The summed E-state index contributed by atoms with van der Waals surface area (Å²) in [7, 11) is 3.85. The van der Waals surface area contributed by atoms with Crippen molar-refractivity contribution in [2.75, 3.05) is 32.1 Å². The molecule has 7 nitrogen and oxygen atoms in total. The molecule has 0 unspecified atom stereocenters. The number of aliphatic hydroxyl groups is 1. The number of benzene rings is 1. The van der Waals surface area contributed by atoms with Crippen LogP contribution in [-0.4, -0.2) is 54.9 Å². The normalized spacial score (nSPS) is 15.7. The fourth-order valence-corrected chi connectivity index (χ4v) is 2.32. The molecular formula is C16H21N3O4. The van der Waals surface area contributed by atoms with Crippen LogP contribution in [0, 0.1) is 0 Å². The summed E-state index contributed by atoms with van der Waals surface area (Å²) < 4.78 is 0. The van der Waals surface area contributed by atoms with E-state index in [1.807, 2.05) is 31.1 Å². The number of carbonyl (C=O) groups excluding carboxylic acids is 3. The lowest BCUT2D eigenvalue weighted by Gasteiger charge is -2.17. The summed E-state index contributed by atoms with van der Waals surface area (Å²) in [6.07, 6.45) is -0.528. The molecule has 7 heteroatoms. The van der Waals surface area contributed by atoms with Crippen molar-refractivity contribution < 1.29 is 19.5 Å². The van der Waals surface area contributed by atoms with Gasteiger partial charge in [0.15, 0.2) is 0 Å². The van der Waals surface area contributed by atoms with Gasteiger partial charge in [0.05, 0.1) is 6.10 Å². The highest BCUT2D eigenvalue weighted by Gasteiger charge is 2.30. The van der Waals surface area contributed by atoms with Gasteiger partial charge in [0.25, 0.3) is 0 Å². The number of anilines is 1. The predicted molar refractivity (Wildman–Crippen MR) is 84.7 cm³/mol. The Hall–Kier alpha value is -2.41. The fourth-order valence-electron chi connectivity index (χ4n) is 2.32. The minimum atomic E-state index is -0.847. The van der Waals surface area contributed by atoms with Crippen molar-refractivity contribution in [1.82, 2.24) is 10.2 Å². The molecule has 0 saturated carbocycles. The first-order valence-corrected chi connectivity index (χ1v) is 7.43. The lowest BCUT2D eigenvalue weighted by atomic mass is 10.1. The number of imide groups is 1. The van der Waals surface area contributed by atoms with Gasteiger partial charge in [-0.3, -0.25) is 19.3 Å². The van der Waals surface area contributed by atoms with Gasteiger partial charge in [0.2, 0.25) is 17.7 Å². The van der Waals surface area contributed by atoms with E-state index in [1.165, 1.54) is 0 Å². The number of likely N-dealkylation sites (tertiary alicyclic amines) is 1. The SMILES string of the molecule is CN(C)c1ccc([C@H](O)CNC(=O)CN2C(=O)CCC2=O)cc1. The van der Waals surface area contributed by atoms with Crippen LogP contribution in [0.5, 0.6) is 0 Å². The van der Waals surface area contributed by atoms with E-state index in [4.69, 9.17) is 0 Å². The molecule has 0 spiro atoms. The Morgan fingerprint density at radius 1 is 1.22 bits per heavy atom. The monoisotopic (exact) mass is 319 g/mol. The molecule has 1 atom stereocenters. The number of nitrogens with one attached hydrogen (secondary N) is 1. The van der Waals surface area contributed by atoms with E-state index in [1.54, 1.807) is 12.1 Å². The summed E-state index contributed by atoms with van der Waals surface area (Å²) >= 11 is 0. The van der Waals surface area contributed by atoms with E-state index in [9.17, 15) is 19.5 Å². The van der Waals surface area contributed by atoms with Crippen LogP contribution < -0.4 is 10.2 Å². The van der Waals surface area contributed by atoms with Crippen LogP contribution in [0.3, 0.4) is 0 Å². The van der Waals surface area contributed by atoms with Crippen molar-refractivity contribution in [2.24, 2.45) is 0 Å². The second-order valence-electron chi connectivity index (χ2n) is 5.68. The molecular weight excluding hydrogens is 298 g/mol. The molecule has 2 rings (SSSR count). The summed E-state index contributed by atoms with van der Waals surface area (Å²) in [5, 5.41) is 12.6. The van der Waals surface area contributed by atoms with Crippen LogP contribution in [-0.2, 0) is 14.4 Å². The van der Waals surface area contributed by atoms with Crippen LogP contribution in [0.1, 0.15) is 24.5 Å². The number of rotatable bonds is 6. The van der Waals surface area contributed by atoms with Crippen LogP contribution >= 0.6 is 0 Å². The maximum Gasteiger partial charge on any atom is 0.240 e. The molecule has 0 aromatic heterocycles. The highest BCUT2D eigenvalue weighted by molar-refractivity contribution is 6.04. The van der Waals surface area contributed by atoms with E-state index >= 15 is 0 Å². The molecule has 1 heterocycles. The first kappa shape index (κ1) is 17.0. The molecule has 1 saturated heterocycles. The molecule has 0 aliphatic carbocycles. The van der Waals surface area contributed by atoms with Gasteiger partial charge in [-0.1, -0.05) is 12.1 Å². The highest BCUT2D eigenvalue weighted by Crippen LogP contribution is 2.17. The van der Waals surface area contributed by atoms with Crippen molar-refractivity contribution in [3.63, 3.8) is 0 Å². The quantitative estimate of drug-likeness (QED) is 0.723. The summed E-state index contributed by atoms with van der Waals surface area (Å²) in [4.78, 5) is 37.6. The molecule has 23 heavy (non-hydrogen) atoms. The van der Waals surface area contributed by atoms with Crippen LogP contribution in [0.2, 0.25) is 0 Å². The standard InChI is InChI=1S/C16H21N3O4/c1-18(2)12-5-3-11(4-6-12)13(20)9-17-14(21)10-19-15(22)7-8-16(19)23/h3-6,13,20H,7-10H2,1-2H3,(H,17,21)/t13-/m1/s1. The number of nitrogens with zero attached hydrogens (tertiary/aromatic N) is 2. The average molecular weight is 319 g/mol. The third-order valence-corrected chi connectivity index (χ3v) is 3.74. The van der Waals surface area contributed by atoms with Gasteiger partial charge < -0.3 is 15.3 Å². The first-order valence-electron chi connectivity index (χ1n) is 7.43. The Balaban J connectivity index is 1.83. The minimum absolute atomic E-state index is 0.0242. The number of aliphatic hydroxyl groups excluding tert-OH is 1. The minimum Gasteiger partial charge on any atom is -0.387 e. The van der Waals surface area contributed by atoms with E-state index in [0.29, 0.717) is 5.56 Å².